The Balaban J connectivity index is 2.68. The number of aromatic nitrogens is 1. The molecule has 1 heterocycles. The molecule has 0 bridgehead atoms. The van der Waals surface area contributed by atoms with E-state index in [1.165, 1.54) is 5.54 Å². The van der Waals surface area contributed by atoms with Crippen LogP contribution >= 0.6 is 11.6 Å². The van der Waals surface area contributed by atoms with Crippen molar-refractivity contribution in [3.05, 3.63) is 29.9 Å². The van der Waals surface area contributed by atoms with E-state index in [9.17, 15) is 0 Å². The van der Waals surface area contributed by atoms with Gasteiger partial charge in [0, 0.05) is 18.3 Å². The summed E-state index contributed by atoms with van der Waals surface area (Å²) in [6.07, 6.45) is 3.64. The van der Waals surface area contributed by atoms with Gasteiger partial charge in [-0.25, -0.2) is 4.98 Å². The summed E-state index contributed by atoms with van der Waals surface area (Å²) in [5, 5.41) is 3.16. The van der Waals surface area contributed by atoms with Crippen LogP contribution in [-0.2, 0) is 0 Å². The second-order valence-electron chi connectivity index (χ2n) is 3.27. The number of ether oxygens (including phenoxy) is 1. The average molecular weight is 227 g/mol. The van der Waals surface area contributed by atoms with Gasteiger partial charge in [0.25, 0.3) is 0 Å². The van der Waals surface area contributed by atoms with Crippen molar-refractivity contribution in [1.82, 2.24) is 4.98 Å². The van der Waals surface area contributed by atoms with Crippen molar-refractivity contribution >= 4 is 17.3 Å². The van der Waals surface area contributed by atoms with Crippen LogP contribution in [0.3, 0.4) is 0 Å². The van der Waals surface area contributed by atoms with Gasteiger partial charge in [0.2, 0.25) is 5.88 Å². The molecule has 0 amide bonds. The number of rotatable bonds is 5. The number of halogens is 1. The van der Waals surface area contributed by atoms with Gasteiger partial charge in [0.15, 0.2) is 0 Å². The SMILES string of the molecule is CC(C)Oc1ncccc1NC/C=C/Cl. The highest BCUT2D eigenvalue weighted by molar-refractivity contribution is 6.25. The second kappa shape index (κ2) is 6.30. The van der Waals surface area contributed by atoms with E-state index in [0.717, 1.165) is 5.69 Å². The maximum Gasteiger partial charge on any atom is 0.237 e. The minimum absolute atomic E-state index is 0.115. The Hall–Kier alpha value is -1.22. The van der Waals surface area contributed by atoms with Gasteiger partial charge in [-0.1, -0.05) is 17.7 Å². The van der Waals surface area contributed by atoms with Crippen LogP contribution in [0.5, 0.6) is 5.88 Å². The molecule has 0 aliphatic rings. The van der Waals surface area contributed by atoms with Crippen molar-refractivity contribution in [2.45, 2.75) is 20.0 Å². The molecule has 15 heavy (non-hydrogen) atoms. The summed E-state index contributed by atoms with van der Waals surface area (Å²) in [6.45, 7) is 4.60. The summed E-state index contributed by atoms with van der Waals surface area (Å²) in [6, 6.07) is 3.78. The van der Waals surface area contributed by atoms with E-state index in [-0.39, 0.29) is 6.10 Å². The van der Waals surface area contributed by atoms with Crippen LogP contribution in [0.4, 0.5) is 5.69 Å². The van der Waals surface area contributed by atoms with Crippen molar-refractivity contribution < 1.29 is 4.74 Å². The Morgan fingerprint density at radius 3 is 3.07 bits per heavy atom. The monoisotopic (exact) mass is 226 g/mol. The van der Waals surface area contributed by atoms with Crippen LogP contribution in [0.2, 0.25) is 0 Å². The first-order valence-corrected chi connectivity index (χ1v) is 5.28. The Bertz CT molecular complexity index is 326. The first-order valence-electron chi connectivity index (χ1n) is 4.85. The standard InChI is InChI=1S/C11H15ClN2O/c1-9(2)15-11-10(5-3-7-14-11)13-8-4-6-12/h3-7,9,13H,8H2,1-2H3/b6-4+. The molecule has 0 aromatic carbocycles. The van der Waals surface area contributed by atoms with Crippen LogP contribution in [0.1, 0.15) is 13.8 Å². The quantitative estimate of drug-likeness (QED) is 0.838. The Labute approximate surface area is 95.1 Å². The maximum absolute atomic E-state index is 5.55. The average Bonchev–Trinajstić information content (AvgIpc) is 2.20. The molecule has 0 aliphatic heterocycles. The lowest BCUT2D eigenvalue weighted by Crippen LogP contribution is -2.09. The fraction of sp³-hybridized carbons (Fsp3) is 0.364. The fourth-order valence-electron chi connectivity index (χ4n) is 1.06. The van der Waals surface area contributed by atoms with E-state index in [1.807, 2.05) is 32.1 Å². The molecule has 0 saturated carbocycles. The lowest BCUT2D eigenvalue weighted by Gasteiger charge is -2.13. The number of hydrogen-bond acceptors (Lipinski definition) is 3. The predicted molar refractivity (Wildman–Crippen MR) is 63.5 cm³/mol. The molecule has 1 N–H and O–H groups in total. The fourth-order valence-corrected chi connectivity index (χ4v) is 1.15. The van der Waals surface area contributed by atoms with Crippen molar-refractivity contribution in [1.29, 1.82) is 0 Å². The van der Waals surface area contributed by atoms with Gasteiger partial charge in [-0.2, -0.15) is 0 Å². The minimum atomic E-state index is 0.115. The van der Waals surface area contributed by atoms with Crippen molar-refractivity contribution in [2.75, 3.05) is 11.9 Å². The molecule has 3 nitrogen and oxygen atoms in total. The molecule has 0 saturated heterocycles. The van der Waals surface area contributed by atoms with Crippen LogP contribution in [0.15, 0.2) is 29.9 Å². The third-order valence-corrected chi connectivity index (χ3v) is 1.80. The molecule has 0 atom stereocenters. The summed E-state index contributed by atoms with van der Waals surface area (Å²) >= 11 is 5.42. The van der Waals surface area contributed by atoms with Crippen molar-refractivity contribution in [3.8, 4) is 5.88 Å². The molecule has 0 unspecified atom stereocenters. The Kier molecular flexibility index (Phi) is 4.98. The largest absolute Gasteiger partial charge is 0.473 e. The van der Waals surface area contributed by atoms with Gasteiger partial charge in [-0.05, 0) is 26.0 Å². The zero-order chi connectivity index (χ0) is 11.1. The predicted octanol–water partition coefficient (Wildman–Crippen LogP) is 3.03. The van der Waals surface area contributed by atoms with E-state index >= 15 is 0 Å². The van der Waals surface area contributed by atoms with Crippen LogP contribution in [-0.4, -0.2) is 17.6 Å². The highest BCUT2D eigenvalue weighted by Crippen LogP contribution is 2.21. The lowest BCUT2D eigenvalue weighted by atomic mass is 10.4. The normalized spacial score (nSPS) is 10.9. The lowest BCUT2D eigenvalue weighted by molar-refractivity contribution is 0.234. The highest BCUT2D eigenvalue weighted by Gasteiger charge is 2.04. The Morgan fingerprint density at radius 2 is 2.40 bits per heavy atom. The molecule has 0 fully saturated rings. The summed E-state index contributed by atoms with van der Waals surface area (Å²) < 4.78 is 5.55. The van der Waals surface area contributed by atoms with Gasteiger partial charge < -0.3 is 10.1 Å². The second-order valence-corrected chi connectivity index (χ2v) is 3.52. The van der Waals surface area contributed by atoms with E-state index in [2.05, 4.69) is 10.3 Å². The third-order valence-electron chi connectivity index (χ3n) is 1.62. The number of nitrogens with one attached hydrogen (secondary N) is 1. The molecule has 4 heteroatoms. The van der Waals surface area contributed by atoms with E-state index in [0.29, 0.717) is 12.4 Å². The van der Waals surface area contributed by atoms with Crippen molar-refractivity contribution in [3.63, 3.8) is 0 Å². The number of pyridine rings is 1. The number of nitrogens with zero attached hydrogens (tertiary/aromatic N) is 1. The van der Waals surface area contributed by atoms with E-state index < -0.39 is 0 Å². The molecule has 82 valence electrons. The summed E-state index contributed by atoms with van der Waals surface area (Å²) in [4.78, 5) is 4.16. The topological polar surface area (TPSA) is 34.1 Å². The van der Waals surface area contributed by atoms with Gasteiger partial charge >= 0.3 is 0 Å². The molecule has 0 spiro atoms. The molecule has 0 radical (unpaired) electrons. The minimum Gasteiger partial charge on any atom is -0.473 e. The van der Waals surface area contributed by atoms with Gasteiger partial charge in [-0.15, -0.1) is 0 Å². The first kappa shape index (κ1) is 11.9. The maximum atomic E-state index is 5.55. The molecular formula is C11H15ClN2O. The summed E-state index contributed by atoms with van der Waals surface area (Å²) in [5.41, 5.74) is 2.35. The smallest absolute Gasteiger partial charge is 0.237 e. The summed E-state index contributed by atoms with van der Waals surface area (Å²) in [7, 11) is 0. The van der Waals surface area contributed by atoms with Crippen molar-refractivity contribution in [2.24, 2.45) is 0 Å². The summed E-state index contributed by atoms with van der Waals surface area (Å²) in [5.74, 6) is 0.621. The molecule has 0 aliphatic carbocycles. The first-order chi connectivity index (χ1) is 7.24. The third kappa shape index (κ3) is 4.21. The van der Waals surface area contributed by atoms with Gasteiger partial charge in [0.1, 0.15) is 0 Å². The molecule has 1 rings (SSSR count). The number of anilines is 1. The highest BCUT2D eigenvalue weighted by atomic mass is 35.5. The van der Waals surface area contributed by atoms with Crippen LogP contribution in [0, 0.1) is 0 Å². The van der Waals surface area contributed by atoms with E-state index in [1.54, 1.807) is 6.20 Å². The zero-order valence-corrected chi connectivity index (χ0v) is 9.66. The van der Waals surface area contributed by atoms with Crippen LogP contribution < -0.4 is 10.1 Å². The molecule has 1 aromatic rings. The zero-order valence-electron chi connectivity index (χ0n) is 8.90. The van der Waals surface area contributed by atoms with Crippen LogP contribution in [0.25, 0.3) is 0 Å². The van der Waals surface area contributed by atoms with Gasteiger partial charge in [-0.3, -0.25) is 0 Å². The Morgan fingerprint density at radius 1 is 1.60 bits per heavy atom. The number of hydrogen-bond donors (Lipinski definition) is 1. The van der Waals surface area contributed by atoms with Gasteiger partial charge in [0.05, 0.1) is 11.8 Å². The molecule has 1 aromatic heterocycles. The molecular weight excluding hydrogens is 212 g/mol. The van der Waals surface area contributed by atoms with E-state index in [4.69, 9.17) is 16.3 Å².